The Hall–Kier alpha value is -2.01. The summed E-state index contributed by atoms with van der Waals surface area (Å²) in [6.07, 6.45) is 1.74. The van der Waals surface area contributed by atoms with Gasteiger partial charge in [-0.15, -0.1) is 10.2 Å². The molecule has 0 aliphatic heterocycles. The zero-order valence-corrected chi connectivity index (χ0v) is 11.5. The van der Waals surface area contributed by atoms with E-state index in [1.807, 2.05) is 51.1 Å². The van der Waals surface area contributed by atoms with E-state index in [2.05, 4.69) is 20.5 Å². The Morgan fingerprint density at radius 3 is 2.42 bits per heavy atom. The van der Waals surface area contributed by atoms with Gasteiger partial charge in [-0.1, -0.05) is 6.07 Å². The van der Waals surface area contributed by atoms with Gasteiger partial charge in [0.15, 0.2) is 0 Å². The quantitative estimate of drug-likeness (QED) is 0.877. The van der Waals surface area contributed by atoms with E-state index in [1.54, 1.807) is 6.20 Å². The zero-order chi connectivity index (χ0) is 13.9. The summed E-state index contributed by atoms with van der Waals surface area (Å²) in [5.74, 6) is 0.714. The lowest BCUT2D eigenvalue weighted by atomic mass is 9.98. The van der Waals surface area contributed by atoms with Gasteiger partial charge in [-0.05, 0) is 45.0 Å². The van der Waals surface area contributed by atoms with Gasteiger partial charge >= 0.3 is 0 Å². The van der Waals surface area contributed by atoms with E-state index in [0.29, 0.717) is 5.82 Å². The molecule has 0 amide bonds. The van der Waals surface area contributed by atoms with Crippen LogP contribution < -0.4 is 11.1 Å². The lowest BCUT2D eigenvalue weighted by Gasteiger charge is -2.28. The van der Waals surface area contributed by atoms with Crippen molar-refractivity contribution in [1.29, 1.82) is 0 Å². The highest BCUT2D eigenvalue weighted by Crippen LogP contribution is 2.15. The second-order valence-electron chi connectivity index (χ2n) is 5.21. The van der Waals surface area contributed by atoms with E-state index in [0.717, 1.165) is 11.4 Å². The number of hydrogen-bond acceptors (Lipinski definition) is 5. The number of nitrogens with one attached hydrogen (secondary N) is 1. The third-order valence-corrected chi connectivity index (χ3v) is 3.07. The molecule has 2 aromatic heterocycles. The van der Waals surface area contributed by atoms with Crippen molar-refractivity contribution in [3.05, 3.63) is 36.5 Å². The molecule has 0 saturated heterocycles. The Kier molecular flexibility index (Phi) is 3.76. The van der Waals surface area contributed by atoms with Crippen LogP contribution in [0.5, 0.6) is 0 Å². The van der Waals surface area contributed by atoms with Crippen molar-refractivity contribution in [2.24, 2.45) is 5.73 Å². The van der Waals surface area contributed by atoms with Gasteiger partial charge < -0.3 is 11.1 Å². The summed E-state index contributed by atoms with van der Waals surface area (Å²) in [5.41, 5.74) is 7.28. The molecule has 0 radical (unpaired) electrons. The average Bonchev–Trinajstić information content (AvgIpc) is 2.39. The number of nitrogens with zero attached hydrogens (tertiary/aromatic N) is 3. The maximum Gasteiger partial charge on any atom is 0.148 e. The third-order valence-electron chi connectivity index (χ3n) is 3.07. The van der Waals surface area contributed by atoms with Crippen LogP contribution in [0.25, 0.3) is 11.4 Å². The summed E-state index contributed by atoms with van der Waals surface area (Å²) in [7, 11) is 0. The molecule has 0 saturated carbocycles. The number of hydrogen-bond donors (Lipinski definition) is 2. The molecule has 1 atom stereocenters. The molecule has 3 N–H and O–H groups in total. The first-order valence-corrected chi connectivity index (χ1v) is 6.27. The first-order valence-electron chi connectivity index (χ1n) is 6.27. The zero-order valence-electron chi connectivity index (χ0n) is 11.5. The molecule has 0 aliphatic carbocycles. The third kappa shape index (κ3) is 3.48. The first-order chi connectivity index (χ1) is 8.97. The molecule has 100 valence electrons. The van der Waals surface area contributed by atoms with Gasteiger partial charge in [0.1, 0.15) is 11.5 Å². The lowest BCUT2D eigenvalue weighted by molar-refractivity contribution is 0.454. The Labute approximate surface area is 113 Å². The molecule has 0 aliphatic rings. The Balaban J connectivity index is 2.11. The van der Waals surface area contributed by atoms with Crippen LogP contribution in [0.3, 0.4) is 0 Å². The van der Waals surface area contributed by atoms with E-state index in [-0.39, 0.29) is 11.6 Å². The van der Waals surface area contributed by atoms with Crippen LogP contribution in [-0.2, 0) is 0 Å². The molecule has 0 bridgehead atoms. The summed E-state index contributed by atoms with van der Waals surface area (Å²) >= 11 is 0. The highest BCUT2D eigenvalue weighted by atomic mass is 15.2. The predicted molar refractivity (Wildman–Crippen MR) is 76.6 cm³/mol. The van der Waals surface area contributed by atoms with Gasteiger partial charge in [0.25, 0.3) is 0 Å². The SMILES string of the molecule is CC(Nc1ccc(-c2ccccn2)nn1)C(C)(C)N. The summed E-state index contributed by atoms with van der Waals surface area (Å²) < 4.78 is 0. The molecule has 2 heterocycles. The van der Waals surface area contributed by atoms with Crippen molar-refractivity contribution in [2.45, 2.75) is 32.4 Å². The van der Waals surface area contributed by atoms with Gasteiger partial charge in [-0.3, -0.25) is 4.98 Å². The maximum atomic E-state index is 6.03. The smallest absolute Gasteiger partial charge is 0.148 e. The van der Waals surface area contributed by atoms with Crippen molar-refractivity contribution in [3.8, 4) is 11.4 Å². The molecule has 5 heteroatoms. The minimum atomic E-state index is -0.318. The molecule has 0 aromatic carbocycles. The van der Waals surface area contributed by atoms with E-state index in [9.17, 15) is 0 Å². The number of aromatic nitrogens is 3. The van der Waals surface area contributed by atoms with Crippen molar-refractivity contribution in [1.82, 2.24) is 15.2 Å². The van der Waals surface area contributed by atoms with Crippen molar-refractivity contribution in [3.63, 3.8) is 0 Å². The summed E-state index contributed by atoms with van der Waals surface area (Å²) in [6.45, 7) is 5.97. The number of rotatable bonds is 4. The van der Waals surface area contributed by atoms with Gasteiger partial charge in [-0.2, -0.15) is 0 Å². The Morgan fingerprint density at radius 1 is 1.11 bits per heavy atom. The van der Waals surface area contributed by atoms with Crippen LogP contribution in [0.2, 0.25) is 0 Å². The largest absolute Gasteiger partial charge is 0.364 e. The fourth-order valence-corrected chi connectivity index (χ4v) is 1.47. The number of nitrogens with two attached hydrogens (primary N) is 1. The van der Waals surface area contributed by atoms with Crippen LogP contribution in [0.15, 0.2) is 36.5 Å². The van der Waals surface area contributed by atoms with E-state index in [4.69, 9.17) is 5.73 Å². The molecular formula is C14H19N5. The summed E-state index contributed by atoms with van der Waals surface area (Å²) in [5, 5.41) is 11.6. The van der Waals surface area contributed by atoms with Crippen LogP contribution in [0, 0.1) is 0 Å². The van der Waals surface area contributed by atoms with Crippen molar-refractivity contribution in [2.75, 3.05) is 5.32 Å². The second-order valence-corrected chi connectivity index (χ2v) is 5.21. The molecular weight excluding hydrogens is 238 g/mol. The Morgan fingerprint density at radius 2 is 1.89 bits per heavy atom. The molecule has 19 heavy (non-hydrogen) atoms. The first kappa shape index (κ1) is 13.4. The van der Waals surface area contributed by atoms with Crippen molar-refractivity contribution < 1.29 is 0 Å². The molecule has 2 rings (SSSR count). The number of pyridine rings is 1. The van der Waals surface area contributed by atoms with E-state index in [1.165, 1.54) is 0 Å². The van der Waals surface area contributed by atoms with Crippen LogP contribution >= 0.6 is 0 Å². The van der Waals surface area contributed by atoms with Crippen LogP contribution in [0.1, 0.15) is 20.8 Å². The topological polar surface area (TPSA) is 76.7 Å². The summed E-state index contributed by atoms with van der Waals surface area (Å²) in [4.78, 5) is 4.24. The van der Waals surface area contributed by atoms with Gasteiger partial charge in [0.05, 0.1) is 5.69 Å². The average molecular weight is 257 g/mol. The minimum absolute atomic E-state index is 0.0995. The monoisotopic (exact) mass is 257 g/mol. The van der Waals surface area contributed by atoms with E-state index >= 15 is 0 Å². The normalized spacial score (nSPS) is 13.1. The second kappa shape index (κ2) is 5.32. The number of anilines is 1. The molecule has 5 nitrogen and oxygen atoms in total. The highest BCUT2D eigenvalue weighted by Gasteiger charge is 2.20. The van der Waals surface area contributed by atoms with Crippen LogP contribution in [0.4, 0.5) is 5.82 Å². The van der Waals surface area contributed by atoms with Gasteiger partial charge in [0, 0.05) is 17.8 Å². The van der Waals surface area contributed by atoms with Gasteiger partial charge in [-0.25, -0.2) is 0 Å². The van der Waals surface area contributed by atoms with E-state index < -0.39 is 0 Å². The Bertz CT molecular complexity index is 516. The molecule has 2 aromatic rings. The standard InChI is InChI=1S/C14H19N5/c1-10(14(2,3)15)17-13-8-7-12(18-19-13)11-6-4-5-9-16-11/h4-10H,15H2,1-3H3,(H,17,19). The van der Waals surface area contributed by atoms with Gasteiger partial charge in [0.2, 0.25) is 0 Å². The van der Waals surface area contributed by atoms with Crippen molar-refractivity contribution >= 4 is 5.82 Å². The lowest BCUT2D eigenvalue weighted by Crippen LogP contribution is -2.47. The molecule has 0 spiro atoms. The highest BCUT2D eigenvalue weighted by molar-refractivity contribution is 5.54. The maximum absolute atomic E-state index is 6.03. The van der Waals surface area contributed by atoms with Crippen LogP contribution in [-0.4, -0.2) is 26.8 Å². The minimum Gasteiger partial charge on any atom is -0.364 e. The molecule has 0 fully saturated rings. The summed E-state index contributed by atoms with van der Waals surface area (Å²) in [6, 6.07) is 9.59. The fourth-order valence-electron chi connectivity index (χ4n) is 1.47. The fraction of sp³-hybridized carbons (Fsp3) is 0.357. The predicted octanol–water partition coefficient (Wildman–Crippen LogP) is 2.08. The molecule has 1 unspecified atom stereocenters.